The number of phenolic OH excluding ortho intramolecular Hbond substituents is 1. The van der Waals surface area contributed by atoms with E-state index in [4.69, 9.17) is 17.3 Å². The molecule has 0 aliphatic heterocycles. The molecule has 34 heavy (non-hydrogen) atoms. The van der Waals surface area contributed by atoms with Gasteiger partial charge in [-0.05, 0) is 38.4 Å². The van der Waals surface area contributed by atoms with Crippen LogP contribution < -0.4 is 10.6 Å². The van der Waals surface area contributed by atoms with Gasteiger partial charge in [0.15, 0.2) is 11.4 Å². The van der Waals surface area contributed by atoms with Crippen molar-refractivity contribution in [3.8, 4) is 5.75 Å². The maximum Gasteiger partial charge on any atom is 0.255 e. The minimum absolute atomic E-state index is 0.0197. The number of aliphatic hydroxyl groups is 3. The number of aliphatic hydroxyl groups excluding tert-OH is 2. The third-order valence-corrected chi connectivity index (χ3v) is 7.38. The minimum Gasteiger partial charge on any atom is -0.510 e. The molecule has 0 fully saturated rings. The second kappa shape index (κ2) is 7.72. The van der Waals surface area contributed by atoms with E-state index in [0.717, 1.165) is 0 Å². The van der Waals surface area contributed by atoms with Crippen LogP contribution in [-0.4, -0.2) is 82.6 Å². The highest BCUT2D eigenvalue weighted by molar-refractivity contribution is 6.34. The molecular weight excluding hydrogens is 466 g/mol. The molecule has 1 amide bonds. The maximum absolute atomic E-state index is 13.6. The van der Waals surface area contributed by atoms with Crippen molar-refractivity contribution in [2.75, 3.05) is 33.1 Å². The second-order valence-corrected chi connectivity index (χ2v) is 9.84. The Bertz CT molecular complexity index is 1220. The van der Waals surface area contributed by atoms with Gasteiger partial charge in [-0.3, -0.25) is 19.3 Å². The molecule has 10 nitrogen and oxygen atoms in total. The zero-order chi connectivity index (χ0) is 25.4. The number of allylic oxidation sites excluding steroid dienone is 1. The largest absolute Gasteiger partial charge is 0.510 e. The lowest BCUT2D eigenvalue weighted by atomic mass is 9.58. The van der Waals surface area contributed by atoms with Crippen molar-refractivity contribution in [1.82, 2.24) is 4.90 Å². The van der Waals surface area contributed by atoms with E-state index < -0.39 is 58.0 Å². The van der Waals surface area contributed by atoms with E-state index in [-0.39, 0.29) is 34.8 Å². The highest BCUT2D eigenvalue weighted by Gasteiger charge is 2.63. The Morgan fingerprint density at radius 3 is 2.32 bits per heavy atom. The average molecular weight is 492 g/mol. The summed E-state index contributed by atoms with van der Waals surface area (Å²) in [5.74, 6) is -6.89. The maximum atomic E-state index is 13.6. The number of nitrogens with zero attached hydrogens (tertiary/aromatic N) is 2. The number of carbonyl (C=O) groups is 3. The van der Waals surface area contributed by atoms with Crippen LogP contribution in [0.2, 0.25) is 5.02 Å². The van der Waals surface area contributed by atoms with Gasteiger partial charge in [-0.2, -0.15) is 0 Å². The van der Waals surface area contributed by atoms with Gasteiger partial charge in [-0.25, -0.2) is 0 Å². The quantitative estimate of drug-likeness (QED) is 0.385. The van der Waals surface area contributed by atoms with E-state index >= 15 is 0 Å². The first-order chi connectivity index (χ1) is 15.7. The molecule has 6 N–H and O–H groups in total. The van der Waals surface area contributed by atoms with Crippen LogP contribution in [0, 0.1) is 11.8 Å². The number of hydrogen-bond acceptors (Lipinski definition) is 9. The molecule has 11 heteroatoms. The number of aromatic hydroxyl groups is 1. The third-order valence-electron chi connectivity index (χ3n) is 7.10. The van der Waals surface area contributed by atoms with Crippen LogP contribution in [0.1, 0.15) is 22.3 Å². The molecule has 1 aromatic carbocycles. The molecule has 0 aromatic heterocycles. The molecule has 182 valence electrons. The molecule has 0 saturated carbocycles. The lowest BCUT2D eigenvalue weighted by Crippen LogP contribution is -2.63. The molecule has 0 heterocycles. The summed E-state index contributed by atoms with van der Waals surface area (Å²) in [6.45, 7) is 0. The van der Waals surface area contributed by atoms with E-state index in [2.05, 4.69) is 0 Å². The minimum atomic E-state index is -2.66. The number of anilines is 1. The van der Waals surface area contributed by atoms with E-state index in [9.17, 15) is 34.8 Å². The number of ketones is 2. The van der Waals surface area contributed by atoms with Gasteiger partial charge in [0.2, 0.25) is 5.78 Å². The zero-order valence-electron chi connectivity index (χ0n) is 19.1. The van der Waals surface area contributed by atoms with Crippen LogP contribution in [0.15, 0.2) is 28.7 Å². The molecule has 3 aliphatic rings. The highest BCUT2D eigenvalue weighted by Crippen LogP contribution is 2.53. The molecular formula is C23H26ClN3O7. The number of nitrogens with two attached hydrogens (primary N) is 1. The first kappa shape index (κ1) is 24.1. The molecule has 1 aromatic rings. The van der Waals surface area contributed by atoms with Crippen molar-refractivity contribution in [2.45, 2.75) is 24.5 Å². The number of likely N-dealkylation sites (N-methyl/N-ethyl adjacent to an activating group) is 1. The summed E-state index contributed by atoms with van der Waals surface area (Å²) in [5, 5.41) is 44.3. The monoisotopic (exact) mass is 491 g/mol. The Hall–Kier alpha value is -3.08. The molecule has 0 spiro atoms. The normalized spacial score (nSPS) is 28.6. The van der Waals surface area contributed by atoms with Crippen molar-refractivity contribution < 1.29 is 34.8 Å². The van der Waals surface area contributed by atoms with Crippen LogP contribution in [0.3, 0.4) is 0 Å². The van der Waals surface area contributed by atoms with Crippen molar-refractivity contribution in [3.05, 3.63) is 44.9 Å². The fourth-order valence-corrected chi connectivity index (χ4v) is 6.15. The molecule has 2 unspecified atom stereocenters. The number of carbonyl (C=O) groups excluding carboxylic acids is 3. The van der Waals surface area contributed by atoms with Gasteiger partial charge in [-0.1, -0.05) is 11.6 Å². The summed E-state index contributed by atoms with van der Waals surface area (Å²) in [5.41, 5.74) is 2.56. The fraction of sp³-hybridized carbons (Fsp3) is 0.435. The Morgan fingerprint density at radius 2 is 1.79 bits per heavy atom. The van der Waals surface area contributed by atoms with E-state index in [1.807, 2.05) is 0 Å². The fourth-order valence-electron chi connectivity index (χ4n) is 5.76. The predicted molar refractivity (Wildman–Crippen MR) is 123 cm³/mol. The Kier molecular flexibility index (Phi) is 5.47. The topological polar surface area (TPSA) is 165 Å². The molecule has 0 bridgehead atoms. The summed E-state index contributed by atoms with van der Waals surface area (Å²) < 4.78 is 0. The van der Waals surface area contributed by atoms with Gasteiger partial charge in [0.1, 0.15) is 22.8 Å². The van der Waals surface area contributed by atoms with Crippen LogP contribution in [-0.2, 0) is 16.0 Å². The predicted octanol–water partition coefficient (Wildman–Crippen LogP) is 0.840. The van der Waals surface area contributed by atoms with Gasteiger partial charge >= 0.3 is 0 Å². The summed E-state index contributed by atoms with van der Waals surface area (Å²) in [7, 11) is 6.63. The van der Waals surface area contributed by atoms with E-state index in [1.54, 1.807) is 33.1 Å². The molecule has 4 rings (SSSR count). The van der Waals surface area contributed by atoms with Crippen molar-refractivity contribution in [2.24, 2.45) is 17.6 Å². The summed E-state index contributed by atoms with van der Waals surface area (Å²) in [4.78, 5) is 42.0. The second-order valence-electron chi connectivity index (χ2n) is 9.44. The lowest BCUT2D eigenvalue weighted by molar-refractivity contribution is -0.148. The number of amides is 1. The number of fused-ring (bicyclic) bond motifs is 3. The molecule has 0 radical (unpaired) electrons. The highest BCUT2D eigenvalue weighted by atomic mass is 35.5. The first-order valence-electron chi connectivity index (χ1n) is 10.6. The van der Waals surface area contributed by atoms with Crippen molar-refractivity contribution >= 4 is 34.8 Å². The molecule has 3 aliphatic carbocycles. The Balaban J connectivity index is 1.99. The summed E-state index contributed by atoms with van der Waals surface area (Å²) >= 11 is 6.35. The SMILES string of the molecule is CN(C)c1c(Cl)cc(O)c2c1CC1CC3[C@H](N(C)C)C(O)=C(C(N)=O)C(=O)[C@@]3(O)C(O)=C1C2=O. The lowest BCUT2D eigenvalue weighted by Gasteiger charge is -2.50. The number of phenols is 1. The molecule has 4 atom stereocenters. The number of benzene rings is 1. The number of hydrogen-bond donors (Lipinski definition) is 5. The average Bonchev–Trinajstić information content (AvgIpc) is 2.69. The van der Waals surface area contributed by atoms with Crippen LogP contribution >= 0.6 is 11.6 Å². The zero-order valence-corrected chi connectivity index (χ0v) is 19.8. The smallest absolute Gasteiger partial charge is 0.255 e. The van der Waals surface area contributed by atoms with Gasteiger partial charge in [0.25, 0.3) is 5.91 Å². The standard InChI is InChI=1S/C23H26ClN3O7/c1-26(2)16-9-5-8-6-10-17(27(3)4)19(30)15(22(25)33)21(32)23(10,34)20(31)13(8)18(29)14(9)12(28)7-11(16)24/h7-8,10,17,28,30-31,34H,5-6H2,1-4H3,(H2,25,33)/t8?,10?,17-,23-/m0/s1. The first-order valence-corrected chi connectivity index (χ1v) is 11.0. The third kappa shape index (κ3) is 2.98. The number of halogens is 1. The van der Waals surface area contributed by atoms with Gasteiger partial charge < -0.3 is 31.1 Å². The van der Waals surface area contributed by atoms with Gasteiger partial charge in [0.05, 0.1) is 22.3 Å². The van der Waals surface area contributed by atoms with Crippen molar-refractivity contribution in [3.63, 3.8) is 0 Å². The van der Waals surface area contributed by atoms with E-state index in [1.165, 1.54) is 11.0 Å². The van der Waals surface area contributed by atoms with Crippen LogP contribution in [0.25, 0.3) is 0 Å². The Morgan fingerprint density at radius 1 is 1.18 bits per heavy atom. The summed E-state index contributed by atoms with van der Waals surface area (Å²) in [6.07, 6.45) is 0.197. The molecule has 0 saturated heterocycles. The van der Waals surface area contributed by atoms with E-state index in [0.29, 0.717) is 11.3 Å². The number of Topliss-reactive ketones (excluding diaryl/α,β-unsaturated/α-hetero) is 2. The van der Waals surface area contributed by atoms with Crippen molar-refractivity contribution in [1.29, 1.82) is 0 Å². The summed E-state index contributed by atoms with van der Waals surface area (Å²) in [6, 6.07) is 0.192. The van der Waals surface area contributed by atoms with Gasteiger partial charge in [0, 0.05) is 31.7 Å². The van der Waals surface area contributed by atoms with Crippen LogP contribution in [0.4, 0.5) is 5.69 Å². The van der Waals surface area contributed by atoms with Crippen LogP contribution in [0.5, 0.6) is 5.75 Å². The number of rotatable bonds is 3. The number of primary amides is 1. The Labute approximate surface area is 200 Å². The van der Waals surface area contributed by atoms with Gasteiger partial charge in [-0.15, -0.1) is 0 Å².